The standard InChI is InChI=1S/C16H34.Li.H/c1-9-10-11-12-13-15(5,6)16(7,8)14(2,3)4;;/h9-13H2,1-8H3;;/q;+1;-1. The van der Waals surface area contributed by atoms with Crippen molar-refractivity contribution < 1.29 is 20.3 Å². The maximum Gasteiger partial charge on any atom is 1.00 e. The molecule has 0 nitrogen and oxygen atoms in total. The van der Waals surface area contributed by atoms with Crippen molar-refractivity contribution in [2.45, 2.75) is 87.5 Å². The molecule has 0 aliphatic rings. The molecule has 0 amide bonds. The van der Waals surface area contributed by atoms with E-state index in [9.17, 15) is 0 Å². The van der Waals surface area contributed by atoms with Crippen molar-refractivity contribution >= 4 is 0 Å². The molecule has 0 heterocycles. The molecule has 0 unspecified atom stereocenters. The van der Waals surface area contributed by atoms with E-state index in [0.29, 0.717) is 16.2 Å². The van der Waals surface area contributed by atoms with Crippen LogP contribution < -0.4 is 18.9 Å². The first-order chi connectivity index (χ1) is 7.06. The first-order valence-corrected chi connectivity index (χ1v) is 7.06. The molecule has 0 fully saturated rings. The van der Waals surface area contributed by atoms with Gasteiger partial charge in [0.25, 0.3) is 0 Å². The van der Waals surface area contributed by atoms with Crippen LogP contribution in [0.25, 0.3) is 0 Å². The molecule has 0 aliphatic heterocycles. The number of hydrogen-bond donors (Lipinski definition) is 0. The van der Waals surface area contributed by atoms with Gasteiger partial charge in [0.2, 0.25) is 0 Å². The molecule has 0 aromatic rings. The second kappa shape index (κ2) is 7.25. The SMILES string of the molecule is CCCCCCC(C)(C)C(C)(C)C(C)(C)C.[H-].[Li+]. The minimum atomic E-state index is 0. The van der Waals surface area contributed by atoms with Crippen molar-refractivity contribution in [3.63, 3.8) is 0 Å². The third-order valence-corrected chi connectivity index (χ3v) is 5.22. The Morgan fingerprint density at radius 1 is 0.765 bits per heavy atom. The Balaban J connectivity index is -0.00000112. The Labute approximate surface area is 124 Å². The number of rotatable bonds is 6. The van der Waals surface area contributed by atoms with Crippen LogP contribution in [-0.4, -0.2) is 0 Å². The Bertz CT molecular complexity index is 202. The zero-order valence-corrected chi connectivity index (χ0v) is 14.0. The van der Waals surface area contributed by atoms with Crippen molar-refractivity contribution in [3.8, 4) is 0 Å². The summed E-state index contributed by atoms with van der Waals surface area (Å²) in [5.74, 6) is 0. The third kappa shape index (κ3) is 5.40. The minimum absolute atomic E-state index is 0. The fraction of sp³-hybridized carbons (Fsp3) is 1.00. The van der Waals surface area contributed by atoms with Crippen molar-refractivity contribution in [3.05, 3.63) is 0 Å². The molecule has 0 aliphatic carbocycles. The van der Waals surface area contributed by atoms with Gasteiger partial charge in [0.05, 0.1) is 0 Å². The van der Waals surface area contributed by atoms with Gasteiger partial charge in [-0.1, -0.05) is 81.1 Å². The van der Waals surface area contributed by atoms with Crippen molar-refractivity contribution in [2.75, 3.05) is 0 Å². The van der Waals surface area contributed by atoms with Crippen LogP contribution >= 0.6 is 0 Å². The second-order valence-corrected chi connectivity index (χ2v) is 7.57. The maximum atomic E-state index is 2.45. The quantitative estimate of drug-likeness (QED) is 0.489. The van der Waals surface area contributed by atoms with Crippen LogP contribution in [0.2, 0.25) is 0 Å². The average molecular weight is 234 g/mol. The molecule has 0 rings (SSSR count). The Kier molecular flexibility index (Phi) is 8.50. The Hall–Kier alpha value is 0.597. The first-order valence-electron chi connectivity index (χ1n) is 7.06. The third-order valence-electron chi connectivity index (χ3n) is 5.22. The molecule has 0 spiro atoms. The predicted octanol–water partition coefficient (Wildman–Crippen LogP) is 3.17. The monoisotopic (exact) mass is 234 g/mol. The zero-order valence-electron chi connectivity index (χ0n) is 15.0. The fourth-order valence-electron chi connectivity index (χ4n) is 2.32. The maximum absolute atomic E-state index is 2.45. The smallest absolute Gasteiger partial charge is 1.00 e. The molecular formula is C16H35Li. The topological polar surface area (TPSA) is 0 Å². The summed E-state index contributed by atoms with van der Waals surface area (Å²) in [5, 5.41) is 0. The van der Waals surface area contributed by atoms with E-state index in [1.54, 1.807) is 0 Å². The van der Waals surface area contributed by atoms with Gasteiger partial charge >= 0.3 is 18.9 Å². The van der Waals surface area contributed by atoms with E-state index in [4.69, 9.17) is 0 Å². The number of hydrogen-bond acceptors (Lipinski definition) is 0. The molecular weight excluding hydrogens is 199 g/mol. The largest absolute Gasteiger partial charge is 1.00 e. The molecule has 100 valence electrons. The normalized spacial score (nSPS) is 13.4. The first kappa shape index (κ1) is 19.9. The van der Waals surface area contributed by atoms with E-state index < -0.39 is 0 Å². The van der Waals surface area contributed by atoms with Crippen LogP contribution in [0.4, 0.5) is 0 Å². The zero-order chi connectivity index (χ0) is 13.0. The van der Waals surface area contributed by atoms with Gasteiger partial charge in [-0.05, 0) is 22.7 Å². The number of unbranched alkanes of at least 4 members (excludes halogenated alkanes) is 3. The summed E-state index contributed by atoms with van der Waals surface area (Å²) in [4.78, 5) is 0. The Morgan fingerprint density at radius 2 is 1.24 bits per heavy atom. The molecule has 0 saturated heterocycles. The van der Waals surface area contributed by atoms with Gasteiger partial charge in [0.15, 0.2) is 0 Å². The fourth-order valence-corrected chi connectivity index (χ4v) is 2.32. The molecule has 0 saturated carbocycles. The van der Waals surface area contributed by atoms with Crippen molar-refractivity contribution in [1.82, 2.24) is 0 Å². The summed E-state index contributed by atoms with van der Waals surface area (Å²) in [6, 6.07) is 0. The van der Waals surface area contributed by atoms with Crippen LogP contribution in [0, 0.1) is 16.2 Å². The average Bonchev–Trinajstić information content (AvgIpc) is 2.10. The molecule has 0 aromatic heterocycles. The van der Waals surface area contributed by atoms with Gasteiger partial charge in [-0.15, -0.1) is 0 Å². The van der Waals surface area contributed by atoms with E-state index in [1.807, 2.05) is 0 Å². The van der Waals surface area contributed by atoms with Crippen LogP contribution in [-0.2, 0) is 0 Å². The van der Waals surface area contributed by atoms with E-state index in [2.05, 4.69) is 55.4 Å². The summed E-state index contributed by atoms with van der Waals surface area (Å²) in [6.07, 6.45) is 6.88. The van der Waals surface area contributed by atoms with E-state index in [-0.39, 0.29) is 20.3 Å². The second-order valence-electron chi connectivity index (χ2n) is 7.57. The summed E-state index contributed by atoms with van der Waals surface area (Å²) in [6.45, 7) is 19.2. The molecule has 0 N–H and O–H groups in total. The van der Waals surface area contributed by atoms with E-state index in [0.717, 1.165) is 0 Å². The van der Waals surface area contributed by atoms with Gasteiger partial charge in [-0.2, -0.15) is 0 Å². The van der Waals surface area contributed by atoms with Crippen LogP contribution in [0.15, 0.2) is 0 Å². The summed E-state index contributed by atoms with van der Waals surface area (Å²) in [5.41, 5.74) is 1.19. The van der Waals surface area contributed by atoms with Crippen molar-refractivity contribution in [2.24, 2.45) is 16.2 Å². The van der Waals surface area contributed by atoms with Crippen molar-refractivity contribution in [1.29, 1.82) is 0 Å². The molecule has 0 atom stereocenters. The van der Waals surface area contributed by atoms with E-state index >= 15 is 0 Å². The van der Waals surface area contributed by atoms with Gasteiger partial charge < -0.3 is 1.43 Å². The summed E-state index contributed by atoms with van der Waals surface area (Å²) < 4.78 is 0. The molecule has 1 heteroatoms. The van der Waals surface area contributed by atoms with Crippen LogP contribution in [0.5, 0.6) is 0 Å². The minimum Gasteiger partial charge on any atom is -1.00 e. The summed E-state index contributed by atoms with van der Waals surface area (Å²) >= 11 is 0. The molecule has 0 bridgehead atoms. The summed E-state index contributed by atoms with van der Waals surface area (Å²) in [7, 11) is 0. The molecule has 0 aromatic carbocycles. The van der Waals surface area contributed by atoms with Gasteiger partial charge in [0.1, 0.15) is 0 Å². The van der Waals surface area contributed by atoms with Gasteiger partial charge in [0, 0.05) is 0 Å². The van der Waals surface area contributed by atoms with Gasteiger partial charge in [-0.3, -0.25) is 0 Å². The van der Waals surface area contributed by atoms with E-state index in [1.165, 1.54) is 32.1 Å². The molecule has 17 heavy (non-hydrogen) atoms. The van der Waals surface area contributed by atoms with Gasteiger partial charge in [-0.25, -0.2) is 0 Å². The van der Waals surface area contributed by atoms with Crippen LogP contribution in [0.1, 0.15) is 88.9 Å². The Morgan fingerprint density at radius 3 is 1.59 bits per heavy atom. The predicted molar refractivity (Wildman–Crippen MR) is 76.9 cm³/mol. The molecule has 0 radical (unpaired) electrons. The van der Waals surface area contributed by atoms with Crippen LogP contribution in [0.3, 0.4) is 0 Å².